The molecular weight excluding hydrogens is 431 g/mol. The Morgan fingerprint density at radius 2 is 1.71 bits per heavy atom. The molecule has 0 N–H and O–H groups in total. The molecule has 1 aliphatic rings. The molecule has 2 aromatic rings. The van der Waals surface area contributed by atoms with E-state index in [-0.39, 0.29) is 4.90 Å². The number of hydrogen-bond donors (Lipinski definition) is 0. The van der Waals surface area contributed by atoms with Gasteiger partial charge in [-0.3, -0.25) is 0 Å². The van der Waals surface area contributed by atoms with E-state index in [1.807, 2.05) is 0 Å². The second kappa shape index (κ2) is 5.56. The molecule has 0 unspecified atom stereocenters. The van der Waals surface area contributed by atoms with Gasteiger partial charge in [-0.1, -0.05) is 0 Å². The number of rotatable bonds is 3. The summed E-state index contributed by atoms with van der Waals surface area (Å²) >= 11 is 2.71. The molecule has 0 saturated heterocycles. The SMILES string of the molecule is O=C1OI(OS(=O)(=O)c2ccc(Cl)cc2)c2ccccc21. The third kappa shape index (κ3) is 2.91. The van der Waals surface area contributed by atoms with E-state index in [0.29, 0.717) is 14.2 Å². The van der Waals surface area contributed by atoms with Crippen LogP contribution in [0.1, 0.15) is 10.4 Å². The van der Waals surface area contributed by atoms with E-state index in [2.05, 4.69) is 0 Å². The van der Waals surface area contributed by atoms with Gasteiger partial charge in [-0.2, -0.15) is 0 Å². The van der Waals surface area contributed by atoms with Crippen LogP contribution in [-0.2, 0) is 15.7 Å². The molecule has 0 aromatic heterocycles. The molecule has 0 bridgehead atoms. The Balaban J connectivity index is 1.91. The first kappa shape index (κ1) is 14.8. The molecule has 0 radical (unpaired) electrons. The Bertz CT molecular complexity index is 804. The van der Waals surface area contributed by atoms with Crippen molar-refractivity contribution in [3.8, 4) is 0 Å². The van der Waals surface area contributed by atoms with E-state index in [9.17, 15) is 13.2 Å². The minimum atomic E-state index is -3.99. The third-order valence-electron chi connectivity index (χ3n) is 2.64. The summed E-state index contributed by atoms with van der Waals surface area (Å²) in [6, 6.07) is 12.2. The predicted molar refractivity (Wildman–Crippen MR) is 84.3 cm³/mol. The number of carbonyl (C=O) groups is 1. The summed E-state index contributed by atoms with van der Waals surface area (Å²) in [7, 11) is -3.99. The Morgan fingerprint density at radius 1 is 1.05 bits per heavy atom. The van der Waals surface area contributed by atoms with E-state index in [1.54, 1.807) is 24.3 Å². The summed E-state index contributed by atoms with van der Waals surface area (Å²) in [6.45, 7) is 0. The average molecular weight is 439 g/mol. The first-order chi connectivity index (χ1) is 9.97. The molecule has 5 nitrogen and oxygen atoms in total. The molecule has 1 aliphatic heterocycles. The number of carbonyl (C=O) groups excluding carboxylic acids is 1. The van der Waals surface area contributed by atoms with Gasteiger partial charge in [0.2, 0.25) is 0 Å². The van der Waals surface area contributed by atoms with Crippen molar-refractivity contribution in [2.75, 3.05) is 0 Å². The molecule has 21 heavy (non-hydrogen) atoms. The minimum absolute atomic E-state index is 0.0235. The van der Waals surface area contributed by atoms with Crippen LogP contribution in [0, 0.1) is 3.57 Å². The van der Waals surface area contributed by atoms with Crippen molar-refractivity contribution in [3.05, 3.63) is 62.7 Å². The quantitative estimate of drug-likeness (QED) is 0.687. The summed E-state index contributed by atoms with van der Waals surface area (Å²) in [5, 5.41) is 0.422. The summed E-state index contributed by atoms with van der Waals surface area (Å²) in [5.41, 5.74) is 0.369. The van der Waals surface area contributed by atoms with Gasteiger partial charge in [0.1, 0.15) is 0 Å². The summed E-state index contributed by atoms with van der Waals surface area (Å²) in [5.74, 6) is -0.540. The Morgan fingerprint density at radius 3 is 2.43 bits per heavy atom. The van der Waals surface area contributed by atoms with Gasteiger partial charge in [0, 0.05) is 0 Å². The summed E-state index contributed by atoms with van der Waals surface area (Å²) < 4.78 is 35.2. The average Bonchev–Trinajstić information content (AvgIpc) is 2.76. The maximum absolute atomic E-state index is 12.2. The van der Waals surface area contributed by atoms with Crippen molar-refractivity contribution in [1.29, 1.82) is 0 Å². The third-order valence-corrected chi connectivity index (χ3v) is 9.11. The fraction of sp³-hybridized carbons (Fsp3) is 0. The second-order valence-electron chi connectivity index (χ2n) is 4.03. The Hall–Kier alpha value is -1.16. The maximum atomic E-state index is 12.2. The predicted octanol–water partition coefficient (Wildman–Crippen LogP) is 3.42. The first-order valence-electron chi connectivity index (χ1n) is 5.70. The molecule has 0 fully saturated rings. The van der Waals surface area contributed by atoms with Gasteiger partial charge in [0.25, 0.3) is 0 Å². The molecule has 1 heterocycles. The van der Waals surface area contributed by atoms with Gasteiger partial charge in [-0.05, 0) is 0 Å². The van der Waals surface area contributed by atoms with Crippen LogP contribution in [0.3, 0.4) is 0 Å². The van der Waals surface area contributed by atoms with Crippen LogP contribution in [0.2, 0.25) is 5.02 Å². The Labute approximate surface area is 134 Å². The van der Waals surface area contributed by atoms with Crippen molar-refractivity contribution < 1.29 is 18.8 Å². The van der Waals surface area contributed by atoms with Crippen molar-refractivity contribution in [2.24, 2.45) is 0 Å². The van der Waals surface area contributed by atoms with Gasteiger partial charge >= 0.3 is 135 Å². The topological polar surface area (TPSA) is 69.7 Å². The number of fused-ring (bicyclic) bond motifs is 1. The first-order valence-corrected chi connectivity index (χ1v) is 10.3. The zero-order chi connectivity index (χ0) is 15.0. The molecule has 0 spiro atoms. The van der Waals surface area contributed by atoms with Crippen LogP contribution >= 0.6 is 32.3 Å². The standard InChI is InChI=1S/C13H8ClIO5S/c14-9-5-7-10(8-6-9)21(17,18)20-15-12-4-2-1-3-11(12)13(16)19-15/h1-8H. The van der Waals surface area contributed by atoms with Crippen LogP contribution in [0.4, 0.5) is 0 Å². The van der Waals surface area contributed by atoms with E-state index < -0.39 is 36.7 Å². The second-order valence-corrected chi connectivity index (χ2v) is 9.90. The zero-order valence-electron chi connectivity index (χ0n) is 10.3. The van der Waals surface area contributed by atoms with Crippen LogP contribution in [0.15, 0.2) is 53.4 Å². The van der Waals surface area contributed by atoms with Gasteiger partial charge in [0.05, 0.1) is 0 Å². The zero-order valence-corrected chi connectivity index (χ0v) is 14.1. The molecule has 0 aliphatic carbocycles. The van der Waals surface area contributed by atoms with Crippen LogP contribution < -0.4 is 0 Å². The van der Waals surface area contributed by atoms with Crippen molar-refractivity contribution in [1.82, 2.24) is 0 Å². The van der Waals surface area contributed by atoms with E-state index >= 15 is 0 Å². The van der Waals surface area contributed by atoms with Crippen LogP contribution in [-0.4, -0.2) is 14.4 Å². The van der Waals surface area contributed by atoms with Crippen molar-refractivity contribution in [3.63, 3.8) is 0 Å². The van der Waals surface area contributed by atoms with Gasteiger partial charge in [-0.15, -0.1) is 0 Å². The van der Waals surface area contributed by atoms with Crippen LogP contribution in [0.5, 0.6) is 0 Å². The van der Waals surface area contributed by atoms with Crippen LogP contribution in [0.25, 0.3) is 0 Å². The summed E-state index contributed by atoms with van der Waals surface area (Å²) in [4.78, 5) is 11.6. The molecular formula is C13H8ClIO5S. The number of hydrogen-bond acceptors (Lipinski definition) is 5. The van der Waals surface area contributed by atoms with Crippen molar-refractivity contribution >= 4 is 48.3 Å². The molecule has 0 saturated carbocycles. The molecule has 2 aromatic carbocycles. The molecule has 8 heteroatoms. The molecule has 0 atom stereocenters. The molecule has 0 amide bonds. The van der Waals surface area contributed by atoms with Gasteiger partial charge in [0.15, 0.2) is 0 Å². The summed E-state index contributed by atoms with van der Waals surface area (Å²) in [6.07, 6.45) is 0. The fourth-order valence-corrected chi connectivity index (χ4v) is 7.51. The number of benzene rings is 2. The molecule has 3 rings (SSSR count). The van der Waals surface area contributed by atoms with Gasteiger partial charge < -0.3 is 0 Å². The monoisotopic (exact) mass is 438 g/mol. The van der Waals surface area contributed by atoms with E-state index in [0.717, 1.165) is 0 Å². The number of halogens is 2. The normalized spacial score (nSPS) is 15.7. The van der Waals surface area contributed by atoms with Gasteiger partial charge in [-0.25, -0.2) is 0 Å². The van der Waals surface area contributed by atoms with Crippen molar-refractivity contribution in [2.45, 2.75) is 4.90 Å². The Kier molecular flexibility index (Phi) is 3.91. The van der Waals surface area contributed by atoms with E-state index in [4.69, 9.17) is 17.2 Å². The molecule has 110 valence electrons. The van der Waals surface area contributed by atoms with E-state index in [1.165, 1.54) is 24.3 Å². The fourth-order valence-electron chi connectivity index (χ4n) is 1.67.